The van der Waals surface area contributed by atoms with Crippen molar-refractivity contribution >= 4 is 21.7 Å². The number of piperidine rings is 1. The molecule has 1 saturated heterocycles. The molecule has 4 nitrogen and oxygen atoms in total. The van der Waals surface area contributed by atoms with E-state index in [0.29, 0.717) is 6.04 Å². The number of aliphatic hydroxyl groups excluding tert-OH is 1. The average molecular weight is 328 g/mol. The minimum Gasteiger partial charge on any atom is -0.396 e. The Morgan fingerprint density at radius 2 is 2.26 bits per heavy atom. The lowest BCUT2D eigenvalue weighted by molar-refractivity contribution is 0.262. The van der Waals surface area contributed by atoms with Crippen LogP contribution >= 0.6 is 15.9 Å². The predicted octanol–water partition coefficient (Wildman–Crippen LogP) is 2.93. The van der Waals surface area contributed by atoms with E-state index in [2.05, 4.69) is 37.7 Å². The van der Waals surface area contributed by atoms with E-state index >= 15 is 0 Å². The minimum atomic E-state index is 0.245. The molecule has 1 atom stereocenters. The second-order valence-corrected chi connectivity index (χ2v) is 5.88. The van der Waals surface area contributed by atoms with Crippen molar-refractivity contribution in [1.29, 1.82) is 0 Å². The first-order valence-electron chi connectivity index (χ1n) is 7.15. The molecule has 2 rings (SSSR count). The number of aryl methyl sites for hydroxylation is 1. The van der Waals surface area contributed by atoms with Crippen LogP contribution in [-0.2, 0) is 6.42 Å². The molecule has 1 aliphatic heterocycles. The van der Waals surface area contributed by atoms with E-state index in [0.717, 1.165) is 48.5 Å². The fourth-order valence-corrected chi connectivity index (χ4v) is 3.09. The zero-order chi connectivity index (χ0) is 13.7. The largest absolute Gasteiger partial charge is 0.396 e. The molecule has 1 aromatic heterocycles. The Bertz CT molecular complexity index is 412. The summed E-state index contributed by atoms with van der Waals surface area (Å²) in [5.74, 6) is 1.91. The van der Waals surface area contributed by atoms with Gasteiger partial charge in [0.2, 0.25) is 0 Å². The summed E-state index contributed by atoms with van der Waals surface area (Å²) in [6, 6.07) is 2.41. The maximum absolute atomic E-state index is 9.21. The summed E-state index contributed by atoms with van der Waals surface area (Å²) in [6.07, 6.45) is 6.37. The molecule has 19 heavy (non-hydrogen) atoms. The van der Waals surface area contributed by atoms with Crippen LogP contribution in [0.4, 0.5) is 5.82 Å². The average Bonchev–Trinajstić information content (AvgIpc) is 2.39. The lowest BCUT2D eigenvalue weighted by atomic mass is 10.00. The van der Waals surface area contributed by atoms with Crippen LogP contribution < -0.4 is 4.90 Å². The standard InChI is InChI=1S/C14H22BrN3O/c1-2-5-13-16-12(15)10-14(17-13)18-8-4-3-6-11(18)7-9-19/h10-11,19H,2-9H2,1H3. The van der Waals surface area contributed by atoms with Gasteiger partial charge in [-0.2, -0.15) is 0 Å². The normalized spacial score (nSPS) is 19.7. The van der Waals surface area contributed by atoms with Crippen molar-refractivity contribution in [3.63, 3.8) is 0 Å². The highest BCUT2D eigenvalue weighted by Gasteiger charge is 2.23. The second kappa shape index (κ2) is 7.20. The van der Waals surface area contributed by atoms with Crippen LogP contribution in [0.2, 0.25) is 0 Å². The van der Waals surface area contributed by atoms with Crippen LogP contribution in [-0.4, -0.2) is 34.3 Å². The van der Waals surface area contributed by atoms with Gasteiger partial charge in [-0.15, -0.1) is 0 Å². The molecule has 0 radical (unpaired) electrons. The Hall–Kier alpha value is -0.680. The number of nitrogens with zero attached hydrogens (tertiary/aromatic N) is 3. The van der Waals surface area contributed by atoms with Crippen molar-refractivity contribution in [2.75, 3.05) is 18.1 Å². The van der Waals surface area contributed by atoms with Gasteiger partial charge in [0.15, 0.2) is 0 Å². The molecule has 1 aliphatic rings. The molecule has 5 heteroatoms. The van der Waals surface area contributed by atoms with Crippen molar-refractivity contribution < 1.29 is 5.11 Å². The molecule has 0 aromatic carbocycles. The van der Waals surface area contributed by atoms with Crippen LogP contribution in [0.25, 0.3) is 0 Å². The second-order valence-electron chi connectivity index (χ2n) is 5.07. The summed E-state index contributed by atoms with van der Waals surface area (Å²) in [4.78, 5) is 11.4. The molecule has 1 unspecified atom stereocenters. The van der Waals surface area contributed by atoms with E-state index in [9.17, 15) is 5.11 Å². The Morgan fingerprint density at radius 3 is 3.00 bits per heavy atom. The van der Waals surface area contributed by atoms with E-state index in [1.54, 1.807) is 0 Å². The highest BCUT2D eigenvalue weighted by atomic mass is 79.9. The zero-order valence-electron chi connectivity index (χ0n) is 11.5. The summed E-state index contributed by atoms with van der Waals surface area (Å²) in [5, 5.41) is 9.21. The molecule has 106 valence electrons. The molecule has 1 N–H and O–H groups in total. The highest BCUT2D eigenvalue weighted by molar-refractivity contribution is 9.10. The van der Waals surface area contributed by atoms with Crippen LogP contribution in [0.15, 0.2) is 10.7 Å². The van der Waals surface area contributed by atoms with Crippen molar-refractivity contribution in [1.82, 2.24) is 9.97 Å². The van der Waals surface area contributed by atoms with Gasteiger partial charge in [-0.1, -0.05) is 6.92 Å². The van der Waals surface area contributed by atoms with Gasteiger partial charge in [0.1, 0.15) is 16.2 Å². The lowest BCUT2D eigenvalue weighted by Gasteiger charge is -2.36. The number of hydrogen-bond acceptors (Lipinski definition) is 4. The van der Waals surface area contributed by atoms with E-state index in [1.165, 1.54) is 12.8 Å². The van der Waals surface area contributed by atoms with Crippen molar-refractivity contribution in [2.45, 2.75) is 51.5 Å². The molecule has 1 aromatic rings. The van der Waals surface area contributed by atoms with Crippen molar-refractivity contribution in [2.24, 2.45) is 0 Å². The third kappa shape index (κ3) is 3.89. The van der Waals surface area contributed by atoms with E-state index in [4.69, 9.17) is 0 Å². The Kier molecular flexibility index (Phi) is 5.58. The summed E-state index contributed by atoms with van der Waals surface area (Å²) < 4.78 is 0.856. The zero-order valence-corrected chi connectivity index (χ0v) is 13.1. The topological polar surface area (TPSA) is 49.2 Å². The molecule has 0 saturated carbocycles. The van der Waals surface area contributed by atoms with Crippen LogP contribution in [0, 0.1) is 0 Å². The predicted molar refractivity (Wildman–Crippen MR) is 80.4 cm³/mol. The molecular weight excluding hydrogens is 306 g/mol. The molecule has 2 heterocycles. The lowest BCUT2D eigenvalue weighted by Crippen LogP contribution is -2.40. The van der Waals surface area contributed by atoms with E-state index < -0.39 is 0 Å². The van der Waals surface area contributed by atoms with Gasteiger partial charge in [0.05, 0.1) is 0 Å². The molecule has 0 amide bonds. The Morgan fingerprint density at radius 1 is 1.42 bits per heavy atom. The third-order valence-corrected chi connectivity index (χ3v) is 3.99. The molecular formula is C14H22BrN3O. The summed E-state index contributed by atoms with van der Waals surface area (Å²) in [7, 11) is 0. The number of anilines is 1. The summed E-state index contributed by atoms with van der Waals surface area (Å²) in [6.45, 7) is 3.41. The van der Waals surface area contributed by atoms with E-state index in [1.807, 2.05) is 6.07 Å². The maximum atomic E-state index is 9.21. The van der Waals surface area contributed by atoms with Crippen molar-refractivity contribution in [3.05, 3.63) is 16.5 Å². The number of aromatic nitrogens is 2. The molecule has 0 aliphatic carbocycles. The quantitative estimate of drug-likeness (QED) is 0.845. The number of rotatable bonds is 5. The number of aliphatic hydroxyl groups is 1. The van der Waals surface area contributed by atoms with Crippen LogP contribution in [0.1, 0.15) is 44.9 Å². The Labute approximate surface area is 123 Å². The first kappa shape index (κ1) is 14.7. The third-order valence-electron chi connectivity index (χ3n) is 3.59. The molecule has 0 bridgehead atoms. The fourth-order valence-electron chi connectivity index (χ4n) is 2.69. The molecule has 0 spiro atoms. The van der Waals surface area contributed by atoms with Gasteiger partial charge in [0.25, 0.3) is 0 Å². The number of halogens is 1. The van der Waals surface area contributed by atoms with Gasteiger partial charge in [-0.25, -0.2) is 9.97 Å². The SMILES string of the molecule is CCCc1nc(Br)cc(N2CCCCC2CCO)n1. The Balaban J connectivity index is 2.22. The number of hydrogen-bond donors (Lipinski definition) is 1. The fraction of sp³-hybridized carbons (Fsp3) is 0.714. The molecule has 1 fully saturated rings. The van der Waals surface area contributed by atoms with Gasteiger partial charge in [-0.3, -0.25) is 0 Å². The van der Waals surface area contributed by atoms with Gasteiger partial charge >= 0.3 is 0 Å². The summed E-state index contributed by atoms with van der Waals surface area (Å²) >= 11 is 3.48. The first-order chi connectivity index (χ1) is 9.24. The van der Waals surface area contributed by atoms with Crippen LogP contribution in [0.5, 0.6) is 0 Å². The summed E-state index contributed by atoms with van der Waals surface area (Å²) in [5.41, 5.74) is 0. The smallest absolute Gasteiger partial charge is 0.133 e. The van der Waals surface area contributed by atoms with E-state index in [-0.39, 0.29) is 6.61 Å². The van der Waals surface area contributed by atoms with Crippen molar-refractivity contribution in [3.8, 4) is 0 Å². The van der Waals surface area contributed by atoms with Gasteiger partial charge in [-0.05, 0) is 48.0 Å². The van der Waals surface area contributed by atoms with Gasteiger partial charge < -0.3 is 10.0 Å². The minimum absolute atomic E-state index is 0.245. The van der Waals surface area contributed by atoms with Crippen LogP contribution in [0.3, 0.4) is 0 Å². The van der Waals surface area contributed by atoms with Gasteiger partial charge in [0, 0.05) is 31.7 Å². The first-order valence-corrected chi connectivity index (χ1v) is 7.95. The highest BCUT2D eigenvalue weighted by Crippen LogP contribution is 2.26. The maximum Gasteiger partial charge on any atom is 0.133 e. The monoisotopic (exact) mass is 327 g/mol.